The summed E-state index contributed by atoms with van der Waals surface area (Å²) in [4.78, 5) is 16.0. The number of carbonyl (C=O) groups is 1. The normalized spacial score (nSPS) is 10.5. The van der Waals surface area contributed by atoms with E-state index >= 15 is 0 Å². The predicted octanol–water partition coefficient (Wildman–Crippen LogP) is 1.61. The van der Waals surface area contributed by atoms with Gasteiger partial charge in [0.15, 0.2) is 5.78 Å². The van der Waals surface area contributed by atoms with Crippen LogP contribution in [0.5, 0.6) is 0 Å². The molecule has 0 saturated heterocycles. The Morgan fingerprint density at radius 3 is 2.93 bits per heavy atom. The molecule has 0 bridgehead atoms. The van der Waals surface area contributed by atoms with Crippen molar-refractivity contribution in [3.05, 3.63) is 34.0 Å². The number of hydrogen-bond donors (Lipinski definition) is 0. The van der Waals surface area contributed by atoms with Crippen LogP contribution in [-0.2, 0) is 13.5 Å². The molecule has 15 heavy (non-hydrogen) atoms. The van der Waals surface area contributed by atoms with Gasteiger partial charge in [0.05, 0.1) is 18.2 Å². The van der Waals surface area contributed by atoms with Crippen molar-refractivity contribution in [1.29, 1.82) is 0 Å². The smallest absolute Gasteiger partial charge is 0.172 e. The van der Waals surface area contributed by atoms with Gasteiger partial charge in [-0.2, -0.15) is 5.10 Å². The van der Waals surface area contributed by atoms with Crippen LogP contribution in [0.3, 0.4) is 0 Å². The molecule has 2 aromatic heterocycles. The van der Waals surface area contributed by atoms with Crippen LogP contribution < -0.4 is 0 Å². The number of nitrogens with zero attached hydrogens (tertiary/aromatic N) is 3. The van der Waals surface area contributed by atoms with Crippen LogP contribution in [0, 0.1) is 6.92 Å². The van der Waals surface area contributed by atoms with E-state index in [0.717, 1.165) is 10.7 Å². The lowest BCUT2D eigenvalue weighted by molar-refractivity contribution is 0.0993. The van der Waals surface area contributed by atoms with Gasteiger partial charge in [0.25, 0.3) is 0 Å². The predicted molar refractivity (Wildman–Crippen MR) is 58.1 cm³/mol. The Hall–Kier alpha value is -1.49. The number of rotatable bonds is 3. The maximum absolute atomic E-state index is 11.8. The number of carbonyl (C=O) groups excluding carboxylic acids is 1. The van der Waals surface area contributed by atoms with Gasteiger partial charge in [-0.3, -0.25) is 9.48 Å². The third-order valence-corrected chi connectivity index (χ3v) is 2.97. The van der Waals surface area contributed by atoms with Gasteiger partial charge in [-0.1, -0.05) is 0 Å². The van der Waals surface area contributed by atoms with E-state index in [4.69, 9.17) is 0 Å². The van der Waals surface area contributed by atoms with E-state index < -0.39 is 0 Å². The second kappa shape index (κ2) is 3.94. The van der Waals surface area contributed by atoms with E-state index in [9.17, 15) is 4.79 Å². The zero-order valence-electron chi connectivity index (χ0n) is 8.60. The van der Waals surface area contributed by atoms with Crippen molar-refractivity contribution in [3.8, 4) is 0 Å². The highest BCUT2D eigenvalue weighted by Crippen LogP contribution is 2.12. The van der Waals surface area contributed by atoms with Crippen LogP contribution >= 0.6 is 11.3 Å². The molecular formula is C10H11N3OS. The fraction of sp³-hybridized carbons (Fsp3) is 0.300. The minimum atomic E-state index is 0.0671. The highest BCUT2D eigenvalue weighted by molar-refractivity contribution is 7.09. The highest BCUT2D eigenvalue weighted by atomic mass is 32.1. The summed E-state index contributed by atoms with van der Waals surface area (Å²) in [5, 5.41) is 6.78. The second-order valence-electron chi connectivity index (χ2n) is 3.39. The molecular weight excluding hydrogens is 210 g/mol. The van der Waals surface area contributed by atoms with Gasteiger partial charge in [0, 0.05) is 24.3 Å². The first-order chi connectivity index (χ1) is 7.15. The van der Waals surface area contributed by atoms with Gasteiger partial charge < -0.3 is 0 Å². The van der Waals surface area contributed by atoms with E-state index in [2.05, 4.69) is 10.1 Å². The van der Waals surface area contributed by atoms with E-state index in [0.29, 0.717) is 12.0 Å². The number of thiazole rings is 1. The Morgan fingerprint density at radius 1 is 1.60 bits per heavy atom. The molecule has 0 saturated carbocycles. The summed E-state index contributed by atoms with van der Waals surface area (Å²) in [5.74, 6) is 0.0671. The SMILES string of the molecule is Cc1csc(CC(=O)c2cnn(C)c2)n1. The van der Waals surface area contributed by atoms with Crippen molar-refractivity contribution in [2.24, 2.45) is 7.05 Å². The molecule has 0 fully saturated rings. The van der Waals surface area contributed by atoms with Crippen molar-refractivity contribution in [2.75, 3.05) is 0 Å². The maximum atomic E-state index is 11.8. The van der Waals surface area contributed by atoms with Gasteiger partial charge >= 0.3 is 0 Å². The largest absolute Gasteiger partial charge is 0.294 e. The Bertz CT molecular complexity index is 486. The molecule has 0 spiro atoms. The average molecular weight is 221 g/mol. The Balaban J connectivity index is 2.10. The van der Waals surface area contributed by atoms with E-state index in [-0.39, 0.29) is 5.78 Å². The molecule has 4 nitrogen and oxygen atoms in total. The number of hydrogen-bond acceptors (Lipinski definition) is 4. The fourth-order valence-electron chi connectivity index (χ4n) is 1.29. The summed E-state index contributed by atoms with van der Waals surface area (Å²) in [7, 11) is 1.80. The van der Waals surface area contributed by atoms with Gasteiger partial charge in [-0.25, -0.2) is 4.98 Å². The molecule has 0 unspecified atom stereocenters. The Labute approximate surface area is 91.6 Å². The van der Waals surface area contributed by atoms with Crippen molar-refractivity contribution >= 4 is 17.1 Å². The van der Waals surface area contributed by atoms with Crippen LogP contribution in [-0.4, -0.2) is 20.5 Å². The lowest BCUT2D eigenvalue weighted by atomic mass is 10.2. The number of aromatic nitrogens is 3. The molecule has 0 aliphatic carbocycles. The van der Waals surface area contributed by atoms with Gasteiger partial charge in [0.1, 0.15) is 5.01 Å². The van der Waals surface area contributed by atoms with Crippen molar-refractivity contribution in [2.45, 2.75) is 13.3 Å². The Kier molecular flexibility index (Phi) is 2.64. The van der Waals surface area contributed by atoms with Gasteiger partial charge in [-0.15, -0.1) is 11.3 Å². The number of aryl methyl sites for hydroxylation is 2. The summed E-state index contributed by atoms with van der Waals surface area (Å²) >= 11 is 1.52. The van der Waals surface area contributed by atoms with E-state index in [1.54, 1.807) is 24.1 Å². The zero-order chi connectivity index (χ0) is 10.8. The lowest BCUT2D eigenvalue weighted by Crippen LogP contribution is -2.02. The van der Waals surface area contributed by atoms with Gasteiger partial charge in [-0.05, 0) is 6.92 Å². The van der Waals surface area contributed by atoms with Crippen molar-refractivity contribution in [1.82, 2.24) is 14.8 Å². The molecule has 0 aromatic carbocycles. The molecule has 0 amide bonds. The van der Waals surface area contributed by atoms with Crippen LogP contribution in [0.25, 0.3) is 0 Å². The lowest BCUT2D eigenvalue weighted by Gasteiger charge is -1.92. The molecule has 2 heterocycles. The first kappa shape index (κ1) is 10.0. The van der Waals surface area contributed by atoms with Crippen LogP contribution in [0.2, 0.25) is 0 Å². The molecule has 0 atom stereocenters. The second-order valence-corrected chi connectivity index (χ2v) is 4.33. The monoisotopic (exact) mass is 221 g/mol. The average Bonchev–Trinajstić information content (AvgIpc) is 2.75. The van der Waals surface area contributed by atoms with Crippen molar-refractivity contribution < 1.29 is 4.79 Å². The molecule has 78 valence electrons. The summed E-state index contributed by atoms with van der Waals surface area (Å²) in [5.41, 5.74) is 1.61. The van der Waals surface area contributed by atoms with Gasteiger partial charge in [0.2, 0.25) is 0 Å². The summed E-state index contributed by atoms with van der Waals surface area (Å²) < 4.78 is 1.63. The molecule has 2 aromatic rings. The summed E-state index contributed by atoms with van der Waals surface area (Å²) in [6.07, 6.45) is 3.68. The third-order valence-electron chi connectivity index (χ3n) is 2.01. The first-order valence-electron chi connectivity index (χ1n) is 4.58. The maximum Gasteiger partial charge on any atom is 0.172 e. The quantitative estimate of drug-likeness (QED) is 0.740. The number of ketones is 1. The minimum absolute atomic E-state index is 0.0671. The molecule has 2 rings (SSSR count). The third kappa shape index (κ3) is 2.30. The van der Waals surface area contributed by atoms with Crippen LogP contribution in [0.15, 0.2) is 17.8 Å². The number of Topliss-reactive ketones (excluding diaryl/α,β-unsaturated/α-hetero) is 1. The molecule has 0 radical (unpaired) electrons. The highest BCUT2D eigenvalue weighted by Gasteiger charge is 2.10. The fourth-order valence-corrected chi connectivity index (χ4v) is 2.06. The summed E-state index contributed by atoms with van der Waals surface area (Å²) in [6, 6.07) is 0. The topological polar surface area (TPSA) is 47.8 Å². The molecule has 0 aliphatic heterocycles. The molecule has 0 aliphatic rings. The van der Waals surface area contributed by atoms with Crippen molar-refractivity contribution in [3.63, 3.8) is 0 Å². The van der Waals surface area contributed by atoms with E-state index in [1.165, 1.54) is 11.3 Å². The minimum Gasteiger partial charge on any atom is -0.294 e. The standard InChI is InChI=1S/C10H11N3OS/c1-7-6-15-10(12-7)3-9(14)8-4-11-13(2)5-8/h4-6H,3H2,1-2H3. The molecule has 0 N–H and O–H groups in total. The van der Waals surface area contributed by atoms with Crippen LogP contribution in [0.4, 0.5) is 0 Å². The molecule has 5 heteroatoms. The Morgan fingerprint density at radius 2 is 2.40 bits per heavy atom. The first-order valence-corrected chi connectivity index (χ1v) is 5.46. The summed E-state index contributed by atoms with van der Waals surface area (Å²) in [6.45, 7) is 1.93. The zero-order valence-corrected chi connectivity index (χ0v) is 9.41. The van der Waals surface area contributed by atoms with Crippen LogP contribution in [0.1, 0.15) is 21.1 Å². The van der Waals surface area contributed by atoms with E-state index in [1.807, 2.05) is 12.3 Å².